The summed E-state index contributed by atoms with van der Waals surface area (Å²) in [5.41, 5.74) is 7.85. The molecule has 4 N–H and O–H groups in total. The van der Waals surface area contributed by atoms with Crippen molar-refractivity contribution in [2.24, 2.45) is 0 Å². The van der Waals surface area contributed by atoms with Gasteiger partial charge in [-0.3, -0.25) is 4.79 Å². The van der Waals surface area contributed by atoms with Crippen molar-refractivity contribution in [1.82, 2.24) is 25.3 Å². The molecule has 3 aromatic heterocycles. The molecule has 30 heavy (non-hydrogen) atoms. The van der Waals surface area contributed by atoms with Crippen LogP contribution < -0.4 is 21.3 Å². The fourth-order valence-corrected chi connectivity index (χ4v) is 4.56. The minimum Gasteiger partial charge on any atom is -0.384 e. The van der Waals surface area contributed by atoms with Gasteiger partial charge in [0.05, 0.1) is 11.7 Å². The van der Waals surface area contributed by atoms with Gasteiger partial charge in [-0.05, 0) is 50.8 Å². The van der Waals surface area contributed by atoms with Crippen LogP contribution in [0.15, 0.2) is 29.8 Å². The molecule has 0 radical (unpaired) electrons. The lowest BCUT2D eigenvalue weighted by Gasteiger charge is -2.23. The van der Waals surface area contributed by atoms with Crippen molar-refractivity contribution in [3.63, 3.8) is 0 Å². The Labute approximate surface area is 177 Å². The lowest BCUT2D eigenvalue weighted by molar-refractivity contribution is -0.119. The average molecular weight is 423 g/mol. The fraction of sp³-hybridized carbons (Fsp3) is 0.350. The number of thiazole rings is 1. The predicted molar refractivity (Wildman–Crippen MR) is 116 cm³/mol. The van der Waals surface area contributed by atoms with Gasteiger partial charge < -0.3 is 16.4 Å². The minimum absolute atomic E-state index is 0.0755. The molecule has 0 spiro atoms. The maximum Gasteiger partial charge on any atom is 0.252 e. The number of rotatable bonds is 5. The van der Waals surface area contributed by atoms with Gasteiger partial charge >= 0.3 is 0 Å². The number of hydrogen-bond donors (Lipinski definition) is 3. The molecule has 1 aliphatic heterocycles. The summed E-state index contributed by atoms with van der Waals surface area (Å²) in [5.74, 6) is 1.97. The van der Waals surface area contributed by atoms with E-state index in [9.17, 15) is 4.79 Å². The highest BCUT2D eigenvalue weighted by molar-refractivity contribution is 7.13. The number of aromatic nitrogens is 4. The van der Waals surface area contributed by atoms with Gasteiger partial charge in [-0.15, -0.1) is 11.3 Å². The number of carbonyl (C=O) groups is 1. The molecule has 5 rings (SSSR count). The molecule has 0 aromatic carbocycles. The average Bonchev–Trinajstić information content (AvgIpc) is 3.50. The number of hydrogen-bond acceptors (Lipinski definition) is 9. The van der Waals surface area contributed by atoms with Crippen LogP contribution in [0.2, 0.25) is 0 Å². The van der Waals surface area contributed by atoms with Crippen LogP contribution in [0, 0.1) is 0 Å². The first-order valence-electron chi connectivity index (χ1n) is 10.1. The highest BCUT2D eigenvalue weighted by Crippen LogP contribution is 2.33. The Morgan fingerprint density at radius 2 is 2.17 bits per heavy atom. The molecule has 1 atom stereocenters. The van der Waals surface area contributed by atoms with E-state index >= 15 is 0 Å². The Balaban J connectivity index is 1.57. The molecule has 1 amide bonds. The van der Waals surface area contributed by atoms with E-state index in [0.717, 1.165) is 49.9 Å². The van der Waals surface area contributed by atoms with Crippen molar-refractivity contribution in [3.8, 4) is 0 Å². The Bertz CT molecular complexity index is 1060. The number of amides is 1. The van der Waals surface area contributed by atoms with Gasteiger partial charge in [0.25, 0.3) is 5.91 Å². The number of nitrogens with two attached hydrogens (primary N) is 1. The lowest BCUT2D eigenvalue weighted by atomic mass is 10.2. The second kappa shape index (κ2) is 7.96. The van der Waals surface area contributed by atoms with Crippen LogP contribution in [0.25, 0.3) is 0 Å². The third-order valence-corrected chi connectivity index (χ3v) is 6.08. The van der Waals surface area contributed by atoms with Gasteiger partial charge in [-0.2, -0.15) is 4.98 Å². The number of fused-ring (bicyclic) bond motifs is 1. The van der Waals surface area contributed by atoms with Gasteiger partial charge in [0.1, 0.15) is 17.5 Å². The van der Waals surface area contributed by atoms with Crippen LogP contribution in [0.5, 0.6) is 0 Å². The summed E-state index contributed by atoms with van der Waals surface area (Å²) in [7, 11) is 0. The molecule has 4 heterocycles. The van der Waals surface area contributed by atoms with E-state index in [0.29, 0.717) is 28.5 Å². The van der Waals surface area contributed by atoms with E-state index in [-0.39, 0.29) is 11.9 Å². The van der Waals surface area contributed by atoms with E-state index < -0.39 is 0 Å². The molecule has 1 aliphatic carbocycles. The fourth-order valence-electron chi connectivity index (χ4n) is 3.92. The van der Waals surface area contributed by atoms with E-state index in [2.05, 4.69) is 20.6 Å². The summed E-state index contributed by atoms with van der Waals surface area (Å²) in [6.07, 6.45) is 6.19. The highest BCUT2D eigenvalue weighted by atomic mass is 32.1. The van der Waals surface area contributed by atoms with Crippen LogP contribution in [0.3, 0.4) is 0 Å². The molecule has 1 unspecified atom stereocenters. The normalized spacial score (nSPS) is 17.7. The van der Waals surface area contributed by atoms with E-state index in [1.807, 2.05) is 17.5 Å². The summed E-state index contributed by atoms with van der Waals surface area (Å²) in [6, 6.07) is 5.16. The van der Waals surface area contributed by atoms with Crippen LogP contribution >= 0.6 is 11.3 Å². The van der Waals surface area contributed by atoms with Crippen molar-refractivity contribution < 1.29 is 4.79 Å². The molecule has 1 fully saturated rings. The van der Waals surface area contributed by atoms with Gasteiger partial charge in [0, 0.05) is 17.1 Å². The number of pyridine rings is 1. The molecule has 3 aromatic rings. The zero-order valence-electron chi connectivity index (χ0n) is 16.3. The van der Waals surface area contributed by atoms with Crippen LogP contribution in [-0.4, -0.2) is 38.4 Å². The molecule has 9 nitrogen and oxygen atoms in total. The van der Waals surface area contributed by atoms with Gasteiger partial charge in [0.15, 0.2) is 5.13 Å². The van der Waals surface area contributed by atoms with Crippen LogP contribution in [0.4, 0.5) is 28.5 Å². The number of aryl methyl sites for hydroxylation is 1. The van der Waals surface area contributed by atoms with Gasteiger partial charge in [-0.1, -0.05) is 6.07 Å². The minimum atomic E-state index is -0.252. The number of nitrogen functional groups attached to an aromatic ring is 1. The second-order valence-electron chi connectivity index (χ2n) is 7.36. The molecule has 2 aliphatic rings. The van der Waals surface area contributed by atoms with Crippen molar-refractivity contribution >= 4 is 45.8 Å². The molecule has 154 valence electrons. The van der Waals surface area contributed by atoms with Crippen molar-refractivity contribution in [3.05, 3.63) is 41.0 Å². The van der Waals surface area contributed by atoms with Crippen LogP contribution in [0.1, 0.15) is 30.5 Å². The first-order chi connectivity index (χ1) is 14.7. The van der Waals surface area contributed by atoms with Gasteiger partial charge in [0.2, 0.25) is 5.95 Å². The quantitative estimate of drug-likeness (QED) is 0.573. The standard InChI is InChI=1S/C20H22N8OS/c21-15-7-2-8-16(25-15)26-17-12-4-1-5-13(12)24-19(27-17)28(20-23-10-11-30-20)18(29)14-6-3-9-22-14/h2,7-8,10-11,14,22H,1,3-6,9H2,(H3,21,24,25,26,27). The SMILES string of the molecule is Nc1cccc(Nc2nc(N(C(=O)C3CCCN3)c3nccs3)nc3c2CCC3)n1. The maximum atomic E-state index is 13.4. The molecule has 0 bridgehead atoms. The lowest BCUT2D eigenvalue weighted by Crippen LogP contribution is -2.42. The van der Waals surface area contributed by atoms with Crippen LogP contribution in [-0.2, 0) is 17.6 Å². The molecule has 10 heteroatoms. The summed E-state index contributed by atoms with van der Waals surface area (Å²) in [6.45, 7) is 0.834. The second-order valence-corrected chi connectivity index (χ2v) is 8.23. The zero-order valence-corrected chi connectivity index (χ0v) is 17.2. The summed E-state index contributed by atoms with van der Waals surface area (Å²) in [5, 5.41) is 8.97. The third kappa shape index (κ3) is 3.59. The number of anilines is 5. The van der Waals surface area contributed by atoms with Crippen molar-refractivity contribution in [1.29, 1.82) is 0 Å². The van der Waals surface area contributed by atoms with Crippen molar-refractivity contribution in [2.45, 2.75) is 38.1 Å². The van der Waals surface area contributed by atoms with Crippen molar-refractivity contribution in [2.75, 3.05) is 22.5 Å². The third-order valence-electron chi connectivity index (χ3n) is 5.33. The molecular formula is C20H22N8OS. The first-order valence-corrected chi connectivity index (χ1v) is 10.9. The van der Waals surface area contributed by atoms with E-state index in [1.165, 1.54) is 11.3 Å². The Morgan fingerprint density at radius 3 is 2.93 bits per heavy atom. The number of nitrogens with zero attached hydrogens (tertiary/aromatic N) is 5. The Hall–Kier alpha value is -3.11. The Kier molecular flexibility index (Phi) is 5.01. The van der Waals surface area contributed by atoms with Gasteiger partial charge in [-0.25, -0.2) is 19.9 Å². The monoisotopic (exact) mass is 422 g/mol. The summed E-state index contributed by atoms with van der Waals surface area (Å²) >= 11 is 1.39. The first kappa shape index (κ1) is 18.9. The molecule has 1 saturated heterocycles. The summed E-state index contributed by atoms with van der Waals surface area (Å²) < 4.78 is 0. The zero-order chi connectivity index (χ0) is 20.5. The molecule has 0 saturated carbocycles. The molecular weight excluding hydrogens is 400 g/mol. The maximum absolute atomic E-state index is 13.4. The smallest absolute Gasteiger partial charge is 0.252 e. The predicted octanol–water partition coefficient (Wildman–Crippen LogP) is 2.56. The topological polar surface area (TPSA) is 122 Å². The summed E-state index contributed by atoms with van der Waals surface area (Å²) in [4.78, 5) is 33.1. The van der Waals surface area contributed by atoms with E-state index in [4.69, 9.17) is 15.7 Å². The Morgan fingerprint density at radius 1 is 1.23 bits per heavy atom. The highest BCUT2D eigenvalue weighted by Gasteiger charge is 2.33. The number of nitrogens with one attached hydrogen (secondary N) is 2. The number of carbonyl (C=O) groups excluding carboxylic acids is 1. The van der Waals surface area contributed by atoms with E-state index in [1.54, 1.807) is 17.2 Å². The largest absolute Gasteiger partial charge is 0.384 e.